The molecular weight excluding hydrogens is 202 g/mol. The van der Waals surface area contributed by atoms with E-state index in [0.717, 1.165) is 23.6 Å². The van der Waals surface area contributed by atoms with Gasteiger partial charge in [0.15, 0.2) is 0 Å². The van der Waals surface area contributed by atoms with Gasteiger partial charge in [0.2, 0.25) is 0 Å². The zero-order valence-electron chi connectivity index (χ0n) is 9.90. The van der Waals surface area contributed by atoms with Crippen LogP contribution in [0.1, 0.15) is 30.0 Å². The first kappa shape index (κ1) is 11.0. The molecule has 0 aliphatic heterocycles. The zero-order chi connectivity index (χ0) is 11.5. The monoisotopic (exact) mass is 219 g/mol. The van der Waals surface area contributed by atoms with E-state index in [1.165, 1.54) is 0 Å². The van der Waals surface area contributed by atoms with Gasteiger partial charge in [-0.25, -0.2) is 0 Å². The zero-order valence-corrected chi connectivity index (χ0v) is 9.90. The molecule has 0 spiro atoms. The van der Waals surface area contributed by atoms with Gasteiger partial charge in [0.05, 0.1) is 18.0 Å². The molecule has 16 heavy (non-hydrogen) atoms. The van der Waals surface area contributed by atoms with Gasteiger partial charge in [-0.3, -0.25) is 4.68 Å². The largest absolute Gasteiger partial charge is 0.469 e. The Bertz CT molecular complexity index is 458. The fourth-order valence-electron chi connectivity index (χ4n) is 1.88. The van der Waals surface area contributed by atoms with E-state index < -0.39 is 0 Å². The van der Waals surface area contributed by atoms with Gasteiger partial charge in [-0.2, -0.15) is 5.10 Å². The minimum Gasteiger partial charge on any atom is -0.469 e. The molecule has 0 aliphatic carbocycles. The van der Waals surface area contributed by atoms with Gasteiger partial charge >= 0.3 is 0 Å². The summed E-state index contributed by atoms with van der Waals surface area (Å²) in [5, 5.41) is 7.63. The summed E-state index contributed by atoms with van der Waals surface area (Å²) in [7, 11) is 1.95. The van der Waals surface area contributed by atoms with Crippen molar-refractivity contribution in [2.75, 3.05) is 6.54 Å². The predicted molar refractivity (Wildman–Crippen MR) is 62.2 cm³/mol. The first-order valence-electron chi connectivity index (χ1n) is 5.48. The second kappa shape index (κ2) is 4.53. The third kappa shape index (κ3) is 2.02. The first-order chi connectivity index (χ1) is 7.72. The van der Waals surface area contributed by atoms with E-state index >= 15 is 0 Å². The second-order valence-corrected chi connectivity index (χ2v) is 3.86. The lowest BCUT2D eigenvalue weighted by Gasteiger charge is -2.16. The Morgan fingerprint density at radius 3 is 2.88 bits per heavy atom. The average Bonchev–Trinajstić information content (AvgIpc) is 2.84. The van der Waals surface area contributed by atoms with E-state index in [9.17, 15) is 0 Å². The Morgan fingerprint density at radius 2 is 2.38 bits per heavy atom. The van der Waals surface area contributed by atoms with Crippen molar-refractivity contribution >= 4 is 0 Å². The van der Waals surface area contributed by atoms with Crippen molar-refractivity contribution in [3.8, 4) is 0 Å². The lowest BCUT2D eigenvalue weighted by molar-refractivity contribution is 0.520. The molecule has 4 nitrogen and oxygen atoms in total. The summed E-state index contributed by atoms with van der Waals surface area (Å²) in [5.41, 5.74) is 2.28. The summed E-state index contributed by atoms with van der Waals surface area (Å²) >= 11 is 0. The number of aryl methyl sites for hydroxylation is 2. The molecule has 86 valence electrons. The van der Waals surface area contributed by atoms with Crippen LogP contribution in [0.3, 0.4) is 0 Å². The number of rotatable bonds is 4. The van der Waals surface area contributed by atoms with Crippen molar-refractivity contribution in [3.05, 3.63) is 41.6 Å². The van der Waals surface area contributed by atoms with Crippen LogP contribution in [0.5, 0.6) is 0 Å². The Morgan fingerprint density at radius 1 is 1.56 bits per heavy atom. The molecular formula is C12H17N3O. The summed E-state index contributed by atoms with van der Waals surface area (Å²) in [4.78, 5) is 0. The second-order valence-electron chi connectivity index (χ2n) is 3.86. The molecule has 0 bridgehead atoms. The van der Waals surface area contributed by atoms with Crippen LogP contribution in [0.2, 0.25) is 0 Å². The molecule has 0 fully saturated rings. The van der Waals surface area contributed by atoms with Crippen molar-refractivity contribution in [2.45, 2.75) is 19.9 Å². The average molecular weight is 219 g/mol. The maximum absolute atomic E-state index is 5.36. The number of nitrogens with one attached hydrogen (secondary N) is 1. The predicted octanol–water partition coefficient (Wildman–Crippen LogP) is 2.02. The highest BCUT2D eigenvalue weighted by atomic mass is 16.3. The molecule has 2 heterocycles. The Hall–Kier alpha value is -1.55. The van der Waals surface area contributed by atoms with E-state index in [1.807, 2.05) is 30.9 Å². The van der Waals surface area contributed by atoms with Crippen LogP contribution in [-0.2, 0) is 7.05 Å². The lowest BCUT2D eigenvalue weighted by Crippen LogP contribution is -2.23. The van der Waals surface area contributed by atoms with E-state index in [-0.39, 0.29) is 6.04 Å². The standard InChI is InChI=1S/C12H17N3O/c1-4-13-12(10-7-9(2)16-8-10)11-5-6-14-15(11)3/h5-8,12-13H,4H2,1-3H3. The molecule has 0 amide bonds. The third-order valence-corrected chi connectivity index (χ3v) is 2.65. The number of furan rings is 1. The van der Waals surface area contributed by atoms with Gasteiger partial charge in [-0.1, -0.05) is 6.92 Å². The maximum Gasteiger partial charge on any atom is 0.101 e. The fraction of sp³-hybridized carbons (Fsp3) is 0.417. The van der Waals surface area contributed by atoms with Gasteiger partial charge in [-0.15, -0.1) is 0 Å². The van der Waals surface area contributed by atoms with Crippen LogP contribution in [0.25, 0.3) is 0 Å². The van der Waals surface area contributed by atoms with Crippen molar-refractivity contribution in [3.63, 3.8) is 0 Å². The van der Waals surface area contributed by atoms with Crippen molar-refractivity contribution in [2.24, 2.45) is 7.05 Å². The summed E-state index contributed by atoms with van der Waals surface area (Å²) < 4.78 is 7.24. The minimum absolute atomic E-state index is 0.148. The van der Waals surface area contributed by atoms with E-state index in [0.29, 0.717) is 0 Å². The van der Waals surface area contributed by atoms with Crippen LogP contribution in [0.4, 0.5) is 0 Å². The normalized spacial score (nSPS) is 12.9. The van der Waals surface area contributed by atoms with Gasteiger partial charge in [0.25, 0.3) is 0 Å². The molecule has 2 aromatic rings. The minimum atomic E-state index is 0.148. The molecule has 1 unspecified atom stereocenters. The highest BCUT2D eigenvalue weighted by Gasteiger charge is 2.17. The SMILES string of the molecule is CCNC(c1coc(C)c1)c1ccnn1C. The topological polar surface area (TPSA) is 43.0 Å². The van der Waals surface area contributed by atoms with Crippen LogP contribution >= 0.6 is 0 Å². The number of nitrogens with zero attached hydrogens (tertiary/aromatic N) is 2. The maximum atomic E-state index is 5.36. The number of aromatic nitrogens is 2. The molecule has 0 aliphatic rings. The molecule has 0 saturated carbocycles. The third-order valence-electron chi connectivity index (χ3n) is 2.65. The van der Waals surface area contributed by atoms with Crippen LogP contribution in [0.15, 0.2) is 29.0 Å². The fourth-order valence-corrected chi connectivity index (χ4v) is 1.88. The smallest absolute Gasteiger partial charge is 0.101 e. The van der Waals surface area contributed by atoms with Crippen molar-refractivity contribution in [1.82, 2.24) is 15.1 Å². The molecule has 1 atom stereocenters. The van der Waals surface area contributed by atoms with Gasteiger partial charge < -0.3 is 9.73 Å². The van der Waals surface area contributed by atoms with Gasteiger partial charge in [0, 0.05) is 18.8 Å². The molecule has 0 saturated heterocycles. The Kier molecular flexibility index (Phi) is 3.10. The van der Waals surface area contributed by atoms with E-state index in [4.69, 9.17) is 4.42 Å². The van der Waals surface area contributed by atoms with E-state index in [2.05, 4.69) is 23.4 Å². The molecule has 0 aromatic carbocycles. The summed E-state index contributed by atoms with van der Waals surface area (Å²) in [6, 6.07) is 4.23. The Balaban J connectivity index is 2.34. The van der Waals surface area contributed by atoms with Crippen LogP contribution in [0, 0.1) is 6.92 Å². The summed E-state index contributed by atoms with van der Waals surface area (Å²) in [6.45, 7) is 4.95. The molecule has 1 N–H and O–H groups in total. The lowest BCUT2D eigenvalue weighted by atomic mass is 10.1. The van der Waals surface area contributed by atoms with Crippen molar-refractivity contribution in [1.29, 1.82) is 0 Å². The molecule has 2 rings (SSSR count). The highest BCUT2D eigenvalue weighted by molar-refractivity contribution is 5.26. The molecule has 0 radical (unpaired) electrons. The van der Waals surface area contributed by atoms with Gasteiger partial charge in [0.1, 0.15) is 5.76 Å². The Labute approximate surface area is 95.3 Å². The number of hydrogen-bond acceptors (Lipinski definition) is 3. The molecule has 4 heteroatoms. The van der Waals surface area contributed by atoms with Gasteiger partial charge in [-0.05, 0) is 25.6 Å². The van der Waals surface area contributed by atoms with E-state index in [1.54, 1.807) is 6.26 Å². The summed E-state index contributed by atoms with van der Waals surface area (Å²) in [6.07, 6.45) is 3.61. The van der Waals surface area contributed by atoms with Crippen LogP contribution < -0.4 is 5.32 Å². The quantitative estimate of drug-likeness (QED) is 0.855. The first-order valence-corrected chi connectivity index (χ1v) is 5.48. The molecule has 2 aromatic heterocycles. The van der Waals surface area contributed by atoms with Crippen LogP contribution in [-0.4, -0.2) is 16.3 Å². The summed E-state index contributed by atoms with van der Waals surface area (Å²) in [5.74, 6) is 0.931. The number of hydrogen-bond donors (Lipinski definition) is 1. The highest BCUT2D eigenvalue weighted by Crippen LogP contribution is 2.23. The van der Waals surface area contributed by atoms with Crippen molar-refractivity contribution < 1.29 is 4.42 Å².